The average molecular weight is 668 g/mol. The molecule has 0 spiro atoms. The molecule has 2 nitrogen and oxygen atoms in total. The van der Waals surface area contributed by atoms with Gasteiger partial charge in [-0.1, -0.05) is 152 Å². The molecule has 0 aliphatic heterocycles. The lowest BCUT2D eigenvalue weighted by molar-refractivity contribution is 0.673. The molecule has 9 aromatic carbocycles. The van der Waals surface area contributed by atoms with Crippen LogP contribution >= 0.6 is 0 Å². The van der Waals surface area contributed by atoms with Gasteiger partial charge in [0.25, 0.3) is 0 Å². The van der Waals surface area contributed by atoms with E-state index < -0.39 is 0 Å². The second-order valence-electron chi connectivity index (χ2n) is 13.0. The zero-order valence-electron chi connectivity index (χ0n) is 32.1. The highest BCUT2D eigenvalue weighted by atomic mass is 16.3. The van der Waals surface area contributed by atoms with E-state index in [-0.39, 0.29) is 35.4 Å². The second-order valence-corrected chi connectivity index (χ2v) is 13.0. The fraction of sp³-hybridized carbons (Fsp3) is 0. The zero-order chi connectivity index (χ0) is 37.9. The average Bonchev–Trinajstić information content (AvgIpc) is 3.65. The third kappa shape index (κ3) is 5.12. The fourth-order valence-corrected chi connectivity index (χ4v) is 7.40. The molecule has 0 saturated heterocycles. The monoisotopic (exact) mass is 667 g/mol. The molecule has 0 unspecified atom stereocenters. The normalized spacial score (nSPS) is 12.5. The standard InChI is InChI=1S/C50H33NO/c1-2-12-34(13-3-1)36-24-28-41(29-25-36)51(42-30-26-37(27-31-42)39-23-22-35-14-4-5-15-38(35)32-39)47-20-10-8-18-44(47)46-33-40-16-6-7-17-43(40)50-49(46)45-19-9-11-21-48(45)52-50/h1-33H/i24D,25D,28D,29D. The van der Waals surface area contributed by atoms with Crippen molar-refractivity contribution in [2.45, 2.75) is 0 Å². The second kappa shape index (κ2) is 12.5. The molecule has 0 bridgehead atoms. The van der Waals surface area contributed by atoms with Crippen molar-refractivity contribution in [2.75, 3.05) is 4.90 Å². The van der Waals surface area contributed by atoms with Crippen LogP contribution in [0.4, 0.5) is 17.1 Å². The van der Waals surface area contributed by atoms with Crippen molar-refractivity contribution in [2.24, 2.45) is 0 Å². The largest absolute Gasteiger partial charge is 0.455 e. The first kappa shape index (κ1) is 26.0. The summed E-state index contributed by atoms with van der Waals surface area (Å²) in [6, 6.07) is 58.1. The van der Waals surface area contributed by atoms with Gasteiger partial charge < -0.3 is 9.32 Å². The van der Waals surface area contributed by atoms with Crippen molar-refractivity contribution in [1.29, 1.82) is 0 Å². The lowest BCUT2D eigenvalue weighted by Gasteiger charge is -2.28. The van der Waals surface area contributed by atoms with E-state index in [9.17, 15) is 5.48 Å². The number of benzene rings is 9. The van der Waals surface area contributed by atoms with Gasteiger partial charge in [-0.05, 0) is 92.5 Å². The molecule has 0 N–H and O–H groups in total. The van der Waals surface area contributed by atoms with Crippen molar-refractivity contribution in [3.8, 4) is 33.4 Å². The van der Waals surface area contributed by atoms with Gasteiger partial charge in [0.2, 0.25) is 0 Å². The summed E-state index contributed by atoms with van der Waals surface area (Å²) in [4.78, 5) is 1.89. The van der Waals surface area contributed by atoms with Crippen molar-refractivity contribution < 1.29 is 9.90 Å². The number of anilines is 3. The smallest absolute Gasteiger partial charge is 0.143 e. The summed E-state index contributed by atoms with van der Waals surface area (Å²) >= 11 is 0. The van der Waals surface area contributed by atoms with E-state index in [1.165, 1.54) is 5.39 Å². The molecule has 0 fully saturated rings. The lowest BCUT2D eigenvalue weighted by Crippen LogP contribution is -2.11. The summed E-state index contributed by atoms with van der Waals surface area (Å²) in [6.45, 7) is 0. The van der Waals surface area contributed by atoms with Crippen molar-refractivity contribution in [1.82, 2.24) is 0 Å². The molecule has 10 rings (SSSR count). The topological polar surface area (TPSA) is 16.4 Å². The van der Waals surface area contributed by atoms with Gasteiger partial charge in [-0.25, -0.2) is 0 Å². The van der Waals surface area contributed by atoms with E-state index in [1.54, 1.807) is 0 Å². The molecule has 0 amide bonds. The Balaban J connectivity index is 1.24. The van der Waals surface area contributed by atoms with Crippen LogP contribution in [0.2, 0.25) is 0 Å². The van der Waals surface area contributed by atoms with E-state index in [0.717, 1.165) is 60.4 Å². The predicted octanol–water partition coefficient (Wildman–Crippen LogP) is 14.4. The van der Waals surface area contributed by atoms with Crippen molar-refractivity contribution >= 4 is 60.5 Å². The van der Waals surface area contributed by atoms with Crippen LogP contribution in [-0.2, 0) is 0 Å². The molecule has 0 saturated carbocycles. The molecule has 0 aliphatic carbocycles. The molecule has 1 heterocycles. The molecule has 1 aromatic heterocycles. The predicted molar refractivity (Wildman–Crippen MR) is 220 cm³/mol. The van der Waals surface area contributed by atoms with E-state index >= 15 is 0 Å². The first-order valence-corrected chi connectivity index (χ1v) is 17.4. The number of furan rings is 1. The summed E-state index contributed by atoms with van der Waals surface area (Å²) < 4.78 is 44.3. The Kier molecular flexibility index (Phi) is 6.22. The minimum absolute atomic E-state index is 0.101. The van der Waals surface area contributed by atoms with Crippen molar-refractivity contribution in [3.05, 3.63) is 200 Å². The van der Waals surface area contributed by atoms with Gasteiger partial charge >= 0.3 is 0 Å². The van der Waals surface area contributed by atoms with Crippen LogP contribution in [-0.4, -0.2) is 0 Å². The van der Waals surface area contributed by atoms with Gasteiger partial charge in [0.15, 0.2) is 0 Å². The summed E-state index contributed by atoms with van der Waals surface area (Å²) in [6.07, 6.45) is 0. The van der Waals surface area contributed by atoms with Crippen LogP contribution < -0.4 is 4.90 Å². The molecule has 0 atom stereocenters. The highest BCUT2D eigenvalue weighted by Gasteiger charge is 2.22. The molecular formula is C50H33NO. The number of para-hydroxylation sites is 2. The number of fused-ring (bicyclic) bond motifs is 6. The van der Waals surface area contributed by atoms with Gasteiger partial charge in [-0.2, -0.15) is 0 Å². The third-order valence-corrected chi connectivity index (χ3v) is 9.91. The highest BCUT2D eigenvalue weighted by molar-refractivity contribution is 6.22. The SMILES string of the molecule is [2H]c1c([2H])c(N(c2ccc(-c3ccc4ccccc4c3)cc2)c2ccccc2-c2cc3ccccc3c3oc4ccccc4c23)c([2H])c([2H])c1-c1ccccc1. The molecule has 2 heteroatoms. The van der Waals surface area contributed by atoms with Crippen LogP contribution in [0.3, 0.4) is 0 Å². The lowest BCUT2D eigenvalue weighted by atomic mass is 9.93. The minimum atomic E-state index is -0.129. The Morgan fingerprint density at radius 1 is 0.404 bits per heavy atom. The highest BCUT2D eigenvalue weighted by Crippen LogP contribution is 2.47. The Morgan fingerprint density at radius 3 is 1.87 bits per heavy atom. The first-order valence-electron chi connectivity index (χ1n) is 19.4. The van der Waals surface area contributed by atoms with E-state index in [4.69, 9.17) is 4.42 Å². The quantitative estimate of drug-likeness (QED) is 0.175. The van der Waals surface area contributed by atoms with Gasteiger partial charge in [-0.15, -0.1) is 0 Å². The molecule has 52 heavy (non-hydrogen) atoms. The maximum atomic E-state index is 9.56. The first-order chi connectivity index (χ1) is 27.5. The maximum absolute atomic E-state index is 9.56. The Hall–Kier alpha value is -6.90. The molecule has 0 aliphatic rings. The van der Waals surface area contributed by atoms with Crippen LogP contribution in [0, 0.1) is 0 Å². The van der Waals surface area contributed by atoms with Gasteiger partial charge in [-0.3, -0.25) is 0 Å². The Bertz CT molecular complexity index is 3110. The number of hydrogen-bond acceptors (Lipinski definition) is 2. The summed E-state index contributed by atoms with van der Waals surface area (Å²) in [5.41, 5.74) is 7.94. The number of nitrogens with zero attached hydrogens (tertiary/aromatic N) is 1. The van der Waals surface area contributed by atoms with Gasteiger partial charge in [0.05, 0.1) is 11.2 Å². The van der Waals surface area contributed by atoms with Crippen LogP contribution in [0.15, 0.2) is 205 Å². The van der Waals surface area contributed by atoms with E-state index in [2.05, 4.69) is 72.8 Å². The summed E-state index contributed by atoms with van der Waals surface area (Å²) in [5, 5.41) is 6.31. The molecule has 0 radical (unpaired) electrons. The molecular weight excluding hydrogens is 631 g/mol. The van der Waals surface area contributed by atoms with E-state index in [1.807, 2.05) is 108 Å². The molecule has 10 aromatic rings. The summed E-state index contributed by atoms with van der Waals surface area (Å²) in [7, 11) is 0. The third-order valence-electron chi connectivity index (χ3n) is 9.91. The van der Waals surface area contributed by atoms with Crippen molar-refractivity contribution in [3.63, 3.8) is 0 Å². The summed E-state index contributed by atoms with van der Waals surface area (Å²) in [5.74, 6) is 0. The van der Waals surface area contributed by atoms with Crippen LogP contribution in [0.5, 0.6) is 0 Å². The molecule has 244 valence electrons. The van der Waals surface area contributed by atoms with E-state index in [0.29, 0.717) is 16.9 Å². The fourth-order valence-electron chi connectivity index (χ4n) is 7.40. The Morgan fingerprint density at radius 2 is 1.04 bits per heavy atom. The van der Waals surface area contributed by atoms with Crippen LogP contribution in [0.25, 0.3) is 76.9 Å². The Labute approximate surface area is 308 Å². The minimum Gasteiger partial charge on any atom is -0.455 e. The number of hydrogen-bond donors (Lipinski definition) is 0. The zero-order valence-corrected chi connectivity index (χ0v) is 28.1. The van der Waals surface area contributed by atoms with Gasteiger partial charge in [0, 0.05) is 33.1 Å². The number of rotatable bonds is 6. The van der Waals surface area contributed by atoms with Gasteiger partial charge in [0.1, 0.15) is 11.2 Å². The maximum Gasteiger partial charge on any atom is 0.143 e. The van der Waals surface area contributed by atoms with Crippen LogP contribution in [0.1, 0.15) is 5.48 Å².